The molecule has 0 unspecified atom stereocenters. The highest BCUT2D eigenvalue weighted by Crippen LogP contribution is 2.21. The van der Waals surface area contributed by atoms with Gasteiger partial charge in [-0.15, -0.1) is 0 Å². The van der Waals surface area contributed by atoms with E-state index in [1.54, 1.807) is 0 Å². The predicted molar refractivity (Wildman–Crippen MR) is 80.8 cm³/mol. The summed E-state index contributed by atoms with van der Waals surface area (Å²) >= 11 is 0. The number of rotatable bonds is 3. The van der Waals surface area contributed by atoms with Crippen molar-refractivity contribution in [3.05, 3.63) is 76.9 Å². The second-order valence-corrected chi connectivity index (χ2v) is 5.25. The van der Waals surface area contributed by atoms with Gasteiger partial charge >= 0.3 is 0 Å². The van der Waals surface area contributed by atoms with E-state index >= 15 is 0 Å². The zero-order valence-corrected chi connectivity index (χ0v) is 11.3. The standard InChI is InChI=1S/C18H19N/c1-15-8-10-16(11-9-15)5-4-12-19-13-17-6-2-3-7-18(17)14-19/h2-11H,12-14H2,1H3/b5-4+. The molecule has 0 spiro atoms. The second kappa shape index (κ2) is 5.41. The first-order chi connectivity index (χ1) is 9.31. The van der Waals surface area contributed by atoms with Crippen molar-refractivity contribution < 1.29 is 0 Å². The minimum atomic E-state index is 1.02. The lowest BCUT2D eigenvalue weighted by Crippen LogP contribution is -2.15. The second-order valence-electron chi connectivity index (χ2n) is 5.25. The Hall–Kier alpha value is -1.86. The van der Waals surface area contributed by atoms with Crippen molar-refractivity contribution in [1.29, 1.82) is 0 Å². The van der Waals surface area contributed by atoms with E-state index < -0.39 is 0 Å². The van der Waals surface area contributed by atoms with Gasteiger partial charge in [0.1, 0.15) is 0 Å². The molecule has 0 saturated heterocycles. The molecular weight excluding hydrogens is 230 g/mol. The minimum absolute atomic E-state index is 1.02. The van der Waals surface area contributed by atoms with Gasteiger partial charge in [0.15, 0.2) is 0 Å². The summed E-state index contributed by atoms with van der Waals surface area (Å²) in [5.74, 6) is 0. The minimum Gasteiger partial charge on any atom is -0.291 e. The first-order valence-corrected chi connectivity index (χ1v) is 6.83. The van der Waals surface area contributed by atoms with Crippen molar-refractivity contribution in [3.63, 3.8) is 0 Å². The first-order valence-electron chi connectivity index (χ1n) is 6.83. The molecule has 0 N–H and O–H groups in total. The topological polar surface area (TPSA) is 3.24 Å². The van der Waals surface area contributed by atoms with Gasteiger partial charge in [-0.1, -0.05) is 66.2 Å². The van der Waals surface area contributed by atoms with Crippen LogP contribution in [0.2, 0.25) is 0 Å². The number of fused-ring (bicyclic) bond motifs is 1. The highest BCUT2D eigenvalue weighted by atomic mass is 15.1. The molecule has 1 nitrogen and oxygen atoms in total. The van der Waals surface area contributed by atoms with Gasteiger partial charge in [-0.2, -0.15) is 0 Å². The number of benzene rings is 2. The Morgan fingerprint density at radius 2 is 1.58 bits per heavy atom. The Morgan fingerprint density at radius 3 is 2.21 bits per heavy atom. The molecule has 0 amide bonds. The lowest BCUT2D eigenvalue weighted by molar-refractivity contribution is 0.317. The quantitative estimate of drug-likeness (QED) is 0.794. The van der Waals surface area contributed by atoms with Crippen LogP contribution in [0.1, 0.15) is 22.3 Å². The largest absolute Gasteiger partial charge is 0.291 e. The van der Waals surface area contributed by atoms with E-state index in [1.165, 1.54) is 22.3 Å². The summed E-state index contributed by atoms with van der Waals surface area (Å²) in [5, 5.41) is 0. The Balaban J connectivity index is 1.58. The zero-order chi connectivity index (χ0) is 13.1. The van der Waals surface area contributed by atoms with Crippen LogP contribution in [0.3, 0.4) is 0 Å². The predicted octanol–water partition coefficient (Wildman–Crippen LogP) is 4.02. The van der Waals surface area contributed by atoms with Crippen molar-refractivity contribution in [2.45, 2.75) is 20.0 Å². The van der Waals surface area contributed by atoms with Crippen molar-refractivity contribution >= 4 is 6.08 Å². The van der Waals surface area contributed by atoms with E-state index in [9.17, 15) is 0 Å². The number of hydrogen-bond acceptors (Lipinski definition) is 1. The van der Waals surface area contributed by atoms with Crippen LogP contribution >= 0.6 is 0 Å². The summed E-state index contributed by atoms with van der Waals surface area (Å²) in [4.78, 5) is 2.47. The van der Waals surface area contributed by atoms with Gasteiger partial charge in [0.25, 0.3) is 0 Å². The van der Waals surface area contributed by atoms with E-state index in [0.29, 0.717) is 0 Å². The summed E-state index contributed by atoms with van der Waals surface area (Å²) in [6, 6.07) is 17.4. The van der Waals surface area contributed by atoms with E-state index in [2.05, 4.69) is 72.5 Å². The molecule has 0 atom stereocenters. The summed E-state index contributed by atoms with van der Waals surface area (Å²) in [6.07, 6.45) is 4.47. The van der Waals surface area contributed by atoms with Gasteiger partial charge < -0.3 is 0 Å². The van der Waals surface area contributed by atoms with Crippen LogP contribution in [0, 0.1) is 6.92 Å². The SMILES string of the molecule is Cc1ccc(/C=C/CN2Cc3ccccc3C2)cc1. The molecule has 0 bridgehead atoms. The van der Waals surface area contributed by atoms with Crippen LogP contribution in [0.25, 0.3) is 6.08 Å². The maximum Gasteiger partial charge on any atom is 0.0243 e. The summed E-state index contributed by atoms with van der Waals surface area (Å²) in [6.45, 7) is 5.29. The normalized spacial score (nSPS) is 15.0. The Labute approximate surface area is 115 Å². The fourth-order valence-corrected chi connectivity index (χ4v) is 2.55. The van der Waals surface area contributed by atoms with Crippen molar-refractivity contribution in [2.75, 3.05) is 6.54 Å². The van der Waals surface area contributed by atoms with Crippen LogP contribution < -0.4 is 0 Å². The maximum atomic E-state index is 2.47. The molecule has 1 aliphatic rings. The van der Waals surface area contributed by atoms with Gasteiger partial charge in [0.05, 0.1) is 0 Å². The average Bonchev–Trinajstić information content (AvgIpc) is 2.83. The lowest BCUT2D eigenvalue weighted by atomic mass is 10.1. The molecule has 1 aliphatic heterocycles. The van der Waals surface area contributed by atoms with E-state index in [4.69, 9.17) is 0 Å². The van der Waals surface area contributed by atoms with Gasteiger partial charge in [-0.3, -0.25) is 4.90 Å². The lowest BCUT2D eigenvalue weighted by Gasteiger charge is -2.11. The van der Waals surface area contributed by atoms with Gasteiger partial charge in [-0.25, -0.2) is 0 Å². The van der Waals surface area contributed by atoms with Crippen molar-refractivity contribution in [1.82, 2.24) is 4.90 Å². The summed E-state index contributed by atoms with van der Waals surface area (Å²) < 4.78 is 0. The van der Waals surface area contributed by atoms with Crippen molar-refractivity contribution in [2.24, 2.45) is 0 Å². The zero-order valence-electron chi connectivity index (χ0n) is 11.3. The van der Waals surface area contributed by atoms with Crippen LogP contribution in [-0.2, 0) is 13.1 Å². The molecular formula is C18H19N. The maximum absolute atomic E-state index is 2.47. The number of nitrogens with zero attached hydrogens (tertiary/aromatic N) is 1. The van der Waals surface area contributed by atoms with Gasteiger partial charge in [0.2, 0.25) is 0 Å². The molecule has 2 aromatic carbocycles. The van der Waals surface area contributed by atoms with Crippen LogP contribution in [-0.4, -0.2) is 11.4 Å². The van der Waals surface area contributed by atoms with E-state index in [1.807, 2.05) is 0 Å². The summed E-state index contributed by atoms with van der Waals surface area (Å²) in [7, 11) is 0. The number of aryl methyl sites for hydroxylation is 1. The molecule has 0 saturated carbocycles. The van der Waals surface area contributed by atoms with Gasteiger partial charge in [-0.05, 0) is 23.6 Å². The number of hydrogen-bond donors (Lipinski definition) is 0. The Bertz CT molecular complexity index is 556. The van der Waals surface area contributed by atoms with Crippen LogP contribution in [0.4, 0.5) is 0 Å². The molecule has 0 radical (unpaired) electrons. The molecule has 19 heavy (non-hydrogen) atoms. The molecule has 96 valence electrons. The molecule has 0 aromatic heterocycles. The molecule has 1 heteroatoms. The first kappa shape index (κ1) is 12.2. The van der Waals surface area contributed by atoms with Crippen LogP contribution in [0.15, 0.2) is 54.6 Å². The Morgan fingerprint density at radius 1 is 0.947 bits per heavy atom. The van der Waals surface area contributed by atoms with Crippen molar-refractivity contribution in [3.8, 4) is 0 Å². The van der Waals surface area contributed by atoms with Gasteiger partial charge in [0, 0.05) is 19.6 Å². The average molecular weight is 249 g/mol. The van der Waals surface area contributed by atoms with Crippen LogP contribution in [0.5, 0.6) is 0 Å². The third kappa shape index (κ3) is 2.94. The molecule has 0 fully saturated rings. The smallest absolute Gasteiger partial charge is 0.0243 e. The fraction of sp³-hybridized carbons (Fsp3) is 0.222. The van der Waals surface area contributed by atoms with E-state index in [0.717, 1.165) is 19.6 Å². The molecule has 1 heterocycles. The summed E-state index contributed by atoms with van der Waals surface area (Å²) in [5.41, 5.74) is 5.55. The molecule has 0 aliphatic carbocycles. The fourth-order valence-electron chi connectivity index (χ4n) is 2.55. The van der Waals surface area contributed by atoms with E-state index in [-0.39, 0.29) is 0 Å². The molecule has 3 rings (SSSR count). The highest BCUT2D eigenvalue weighted by Gasteiger charge is 2.16. The monoisotopic (exact) mass is 249 g/mol. The third-order valence-electron chi connectivity index (χ3n) is 3.66. The molecule has 2 aromatic rings. The third-order valence-corrected chi connectivity index (χ3v) is 3.66. The highest BCUT2D eigenvalue weighted by molar-refractivity contribution is 5.49. The Kier molecular flexibility index (Phi) is 3.47.